The maximum atomic E-state index is 12.8. The molecule has 2 aliphatic rings. The Hall–Kier alpha value is -5.05. The van der Waals surface area contributed by atoms with Crippen molar-refractivity contribution in [3.63, 3.8) is 0 Å². The number of nitrogens with one attached hydrogen (secondary N) is 1. The molecule has 0 spiro atoms. The third-order valence-corrected chi connectivity index (χ3v) is 7.96. The molecule has 2 fully saturated rings. The van der Waals surface area contributed by atoms with Crippen LogP contribution < -0.4 is 5.32 Å². The van der Waals surface area contributed by atoms with E-state index in [-0.39, 0.29) is 34.7 Å². The van der Waals surface area contributed by atoms with Gasteiger partial charge < -0.3 is 29.5 Å². The van der Waals surface area contributed by atoms with Crippen LogP contribution in [-0.4, -0.2) is 114 Å². The molecular formula is C30H37N9O6. The van der Waals surface area contributed by atoms with Crippen molar-refractivity contribution in [3.05, 3.63) is 65.0 Å². The van der Waals surface area contributed by atoms with Crippen LogP contribution in [0.1, 0.15) is 60.4 Å². The number of hydrogen-bond acceptors (Lipinski definition) is 8. The molecule has 0 radical (unpaired) electrons. The summed E-state index contributed by atoms with van der Waals surface area (Å²) < 4.78 is 9.98. The number of nitrogens with zero attached hydrogens (tertiary/aromatic N) is 8. The van der Waals surface area contributed by atoms with Crippen molar-refractivity contribution < 1.29 is 29.0 Å². The highest BCUT2D eigenvalue weighted by atomic mass is 16.5. The minimum atomic E-state index is -1.12. The summed E-state index contributed by atoms with van der Waals surface area (Å²) in [6, 6.07) is 7.92. The Bertz CT molecular complexity index is 1710. The van der Waals surface area contributed by atoms with Crippen LogP contribution in [0.3, 0.4) is 0 Å². The van der Waals surface area contributed by atoms with E-state index in [1.54, 1.807) is 16.8 Å². The van der Waals surface area contributed by atoms with E-state index >= 15 is 0 Å². The number of carboxylic acids is 1. The number of hydrogen-bond donors (Lipinski definition) is 2. The zero-order valence-electron chi connectivity index (χ0n) is 25.6. The molecule has 0 unspecified atom stereocenters. The molecule has 15 heteroatoms. The number of rotatable bonds is 7. The zero-order valence-corrected chi connectivity index (χ0v) is 25.6. The van der Waals surface area contributed by atoms with Crippen LogP contribution in [0.2, 0.25) is 0 Å². The normalized spacial score (nSPS) is 14.7. The molecule has 1 aromatic carbocycles. The number of likely N-dealkylation sites (tertiary alicyclic amines) is 1. The first-order valence-electron chi connectivity index (χ1n) is 14.8. The zero-order chi connectivity index (χ0) is 32.1. The highest BCUT2D eigenvalue weighted by Gasteiger charge is 2.28. The summed E-state index contributed by atoms with van der Waals surface area (Å²) >= 11 is 0. The number of benzene rings is 1. The van der Waals surface area contributed by atoms with Crippen LogP contribution in [0.4, 0.5) is 0 Å². The summed E-state index contributed by atoms with van der Waals surface area (Å²) in [5.74, 6) is -0.978. The second kappa shape index (κ2) is 13.7. The van der Waals surface area contributed by atoms with Gasteiger partial charge in [-0.3, -0.25) is 23.7 Å². The highest BCUT2D eigenvalue weighted by molar-refractivity contribution is 6.06. The minimum absolute atomic E-state index is 0.0445. The molecule has 3 aromatic heterocycles. The number of imidazole rings is 1. The number of aromatic carboxylic acids is 1. The van der Waals surface area contributed by atoms with E-state index in [4.69, 9.17) is 9.84 Å². The third-order valence-electron chi connectivity index (χ3n) is 7.96. The van der Waals surface area contributed by atoms with Gasteiger partial charge in [0.25, 0.3) is 17.7 Å². The summed E-state index contributed by atoms with van der Waals surface area (Å²) in [6.07, 6.45) is 5.33. The molecule has 2 N–H and O–H groups in total. The molecule has 5 heterocycles. The number of carbonyl (C=O) groups excluding carboxylic acids is 3. The molecular weight excluding hydrogens is 582 g/mol. The Morgan fingerprint density at radius 1 is 0.844 bits per heavy atom. The predicted molar refractivity (Wildman–Crippen MR) is 162 cm³/mol. The fourth-order valence-electron chi connectivity index (χ4n) is 5.53. The first kappa shape index (κ1) is 31.4. The van der Waals surface area contributed by atoms with Crippen LogP contribution in [-0.2, 0) is 32.3 Å². The molecule has 0 saturated carbocycles. The van der Waals surface area contributed by atoms with E-state index in [9.17, 15) is 19.2 Å². The van der Waals surface area contributed by atoms with Gasteiger partial charge in [-0.1, -0.05) is 12.1 Å². The lowest BCUT2D eigenvalue weighted by Crippen LogP contribution is -2.41. The van der Waals surface area contributed by atoms with Crippen LogP contribution in [0.5, 0.6) is 0 Å². The molecule has 0 bridgehead atoms. The van der Waals surface area contributed by atoms with Crippen molar-refractivity contribution in [2.75, 3.05) is 45.9 Å². The average molecular weight is 620 g/mol. The smallest absolute Gasteiger partial charge is 0.354 e. The average Bonchev–Trinajstić information content (AvgIpc) is 3.85. The van der Waals surface area contributed by atoms with Crippen LogP contribution in [0.25, 0.3) is 11.0 Å². The third kappa shape index (κ3) is 6.72. The second-order valence-corrected chi connectivity index (χ2v) is 10.9. The van der Waals surface area contributed by atoms with E-state index in [0.29, 0.717) is 57.9 Å². The second-order valence-electron chi connectivity index (χ2n) is 10.9. The molecule has 2 saturated heterocycles. The van der Waals surface area contributed by atoms with Crippen molar-refractivity contribution in [2.24, 2.45) is 21.1 Å². The van der Waals surface area contributed by atoms with Crippen LogP contribution >= 0.6 is 0 Å². The lowest BCUT2D eigenvalue weighted by molar-refractivity contribution is 0.0301. The molecule has 0 atom stereocenters. The summed E-state index contributed by atoms with van der Waals surface area (Å²) in [5.41, 5.74) is 2.70. The van der Waals surface area contributed by atoms with Crippen molar-refractivity contribution in [1.82, 2.24) is 44.2 Å². The maximum Gasteiger partial charge on any atom is 0.354 e. The summed E-state index contributed by atoms with van der Waals surface area (Å²) in [4.78, 5) is 56.6. The standard InChI is InChI=1S/C20H24N6O3.C10H13N3O3/c1-24-16-6-4-3-5-15(16)23-17(24)7-8-21-19(27)18-14(13-22-25(18)2)20(28)26-9-11-29-12-10-26;1-12-8(10(15)16)7(6-11-12)9(14)13-4-2-3-5-13/h3-6,13H,7-12H2,1-2H3,(H,21,27);6H,2-5H2,1H3,(H,15,16). The SMILES string of the molecule is Cn1ncc(C(=O)N2CCCC2)c1C(=O)O.Cn1ncc(C(=O)N2CCOCC2)c1C(=O)NCCc1nc2ccccc2n1C. The van der Waals surface area contributed by atoms with Gasteiger partial charge in [0.1, 0.15) is 11.5 Å². The molecule has 238 valence electrons. The van der Waals surface area contributed by atoms with Crippen LogP contribution in [0.15, 0.2) is 36.7 Å². The molecule has 3 amide bonds. The number of aryl methyl sites for hydroxylation is 3. The Morgan fingerprint density at radius 2 is 1.42 bits per heavy atom. The fourth-order valence-corrected chi connectivity index (χ4v) is 5.53. The van der Waals surface area contributed by atoms with Crippen molar-refractivity contribution in [2.45, 2.75) is 19.3 Å². The topological polar surface area (TPSA) is 170 Å². The van der Waals surface area contributed by atoms with Gasteiger partial charge in [0, 0.05) is 60.3 Å². The quantitative estimate of drug-likeness (QED) is 0.308. The predicted octanol–water partition coefficient (Wildman–Crippen LogP) is 1.11. The molecule has 45 heavy (non-hydrogen) atoms. The summed E-state index contributed by atoms with van der Waals surface area (Å²) in [7, 11) is 5.15. The Kier molecular flexibility index (Phi) is 9.56. The number of morpholine rings is 1. The fraction of sp³-hybridized carbons (Fsp3) is 0.433. The van der Waals surface area contributed by atoms with Gasteiger partial charge in [0.2, 0.25) is 0 Å². The van der Waals surface area contributed by atoms with Crippen molar-refractivity contribution in [1.29, 1.82) is 0 Å². The number of fused-ring (bicyclic) bond motifs is 1. The van der Waals surface area contributed by atoms with E-state index < -0.39 is 5.97 Å². The number of carboxylic acid groups (broad SMARTS) is 1. The molecule has 6 rings (SSSR count). The monoisotopic (exact) mass is 619 g/mol. The Morgan fingerprint density at radius 3 is 2.04 bits per heavy atom. The number of carbonyl (C=O) groups is 4. The lowest BCUT2D eigenvalue weighted by atomic mass is 10.2. The minimum Gasteiger partial charge on any atom is -0.477 e. The van der Waals surface area contributed by atoms with E-state index in [2.05, 4.69) is 20.5 Å². The molecule has 0 aliphatic carbocycles. The first-order chi connectivity index (χ1) is 21.7. The van der Waals surface area contributed by atoms with E-state index in [1.165, 1.54) is 28.8 Å². The van der Waals surface area contributed by atoms with Gasteiger partial charge in [0.15, 0.2) is 5.69 Å². The molecule has 4 aromatic rings. The van der Waals surface area contributed by atoms with Gasteiger partial charge in [0.05, 0.1) is 47.8 Å². The van der Waals surface area contributed by atoms with Crippen molar-refractivity contribution >= 4 is 34.7 Å². The van der Waals surface area contributed by atoms with Gasteiger partial charge >= 0.3 is 5.97 Å². The molecule has 2 aliphatic heterocycles. The van der Waals surface area contributed by atoms with E-state index in [0.717, 1.165) is 29.7 Å². The van der Waals surface area contributed by atoms with E-state index in [1.807, 2.05) is 35.9 Å². The van der Waals surface area contributed by atoms with Crippen LogP contribution in [0, 0.1) is 0 Å². The summed E-state index contributed by atoms with van der Waals surface area (Å²) in [6.45, 7) is 3.85. The number of amides is 3. The Balaban J connectivity index is 0.000000211. The largest absolute Gasteiger partial charge is 0.477 e. The number of para-hydroxylation sites is 2. The molecule has 15 nitrogen and oxygen atoms in total. The van der Waals surface area contributed by atoms with Gasteiger partial charge in [-0.25, -0.2) is 9.78 Å². The Labute approximate surface area is 259 Å². The number of aromatic nitrogens is 6. The van der Waals surface area contributed by atoms with Gasteiger partial charge in [-0.2, -0.15) is 10.2 Å². The maximum absolute atomic E-state index is 12.8. The lowest BCUT2D eigenvalue weighted by Gasteiger charge is -2.26. The summed E-state index contributed by atoms with van der Waals surface area (Å²) in [5, 5.41) is 19.8. The first-order valence-corrected chi connectivity index (χ1v) is 14.8. The highest BCUT2D eigenvalue weighted by Crippen LogP contribution is 2.17. The van der Waals surface area contributed by atoms with Gasteiger partial charge in [-0.15, -0.1) is 0 Å². The van der Waals surface area contributed by atoms with Crippen molar-refractivity contribution in [3.8, 4) is 0 Å². The van der Waals surface area contributed by atoms with Gasteiger partial charge in [-0.05, 0) is 25.0 Å². The number of ether oxygens (including phenoxy) is 1.